The number of benzene rings is 2. The summed E-state index contributed by atoms with van der Waals surface area (Å²) in [5.41, 5.74) is 3.14. The van der Waals surface area contributed by atoms with E-state index in [0.29, 0.717) is 11.6 Å². The predicted octanol–water partition coefficient (Wildman–Crippen LogP) is 5.19. The van der Waals surface area contributed by atoms with Crippen LogP contribution in [0.1, 0.15) is 17.5 Å². The van der Waals surface area contributed by atoms with Gasteiger partial charge in [-0.2, -0.15) is 0 Å². The first-order valence-corrected chi connectivity index (χ1v) is 8.53. The number of halogens is 2. The van der Waals surface area contributed by atoms with Gasteiger partial charge in [0.05, 0.1) is 13.0 Å². The fourth-order valence-corrected chi connectivity index (χ4v) is 2.92. The van der Waals surface area contributed by atoms with Crippen molar-refractivity contribution in [3.63, 3.8) is 0 Å². The molecule has 1 heterocycles. The number of esters is 1. The third-order valence-electron chi connectivity index (χ3n) is 3.84. The zero-order valence-electron chi connectivity index (χ0n) is 13.0. The Labute approximate surface area is 150 Å². The number of H-pyrrole nitrogens is 1. The summed E-state index contributed by atoms with van der Waals surface area (Å²) >= 11 is 11.9. The third kappa shape index (κ3) is 4.31. The van der Waals surface area contributed by atoms with Crippen LogP contribution >= 0.6 is 23.2 Å². The van der Waals surface area contributed by atoms with Crippen molar-refractivity contribution in [1.29, 1.82) is 0 Å². The monoisotopic (exact) mass is 361 g/mol. The minimum Gasteiger partial charge on any atom is -0.465 e. The lowest BCUT2D eigenvalue weighted by Crippen LogP contribution is -2.09. The molecule has 0 radical (unpaired) electrons. The summed E-state index contributed by atoms with van der Waals surface area (Å²) in [6.45, 7) is 0.402. The fourth-order valence-electron chi connectivity index (χ4n) is 2.63. The van der Waals surface area contributed by atoms with E-state index in [4.69, 9.17) is 27.9 Å². The number of aryl methyl sites for hydroxylation is 1. The number of hydrogen-bond acceptors (Lipinski definition) is 2. The Kier molecular flexibility index (Phi) is 5.44. The van der Waals surface area contributed by atoms with Crippen LogP contribution in [-0.2, 0) is 22.4 Å². The molecule has 0 aliphatic rings. The second-order valence-electron chi connectivity index (χ2n) is 5.63. The summed E-state index contributed by atoms with van der Waals surface area (Å²) in [5.74, 6) is -0.223. The molecule has 0 spiro atoms. The molecule has 0 bridgehead atoms. The minimum absolute atomic E-state index is 0.223. The Balaban J connectivity index is 1.47. The van der Waals surface area contributed by atoms with E-state index in [1.807, 2.05) is 36.5 Å². The van der Waals surface area contributed by atoms with Crippen LogP contribution in [0.25, 0.3) is 10.9 Å². The molecule has 0 saturated carbocycles. The van der Waals surface area contributed by atoms with Gasteiger partial charge in [-0.3, -0.25) is 4.79 Å². The second kappa shape index (κ2) is 7.73. The maximum Gasteiger partial charge on any atom is 0.310 e. The number of ether oxygens (including phenoxy) is 1. The zero-order chi connectivity index (χ0) is 16.9. The highest BCUT2D eigenvalue weighted by Crippen LogP contribution is 2.23. The number of aromatic amines is 1. The topological polar surface area (TPSA) is 42.1 Å². The molecule has 3 nitrogen and oxygen atoms in total. The summed E-state index contributed by atoms with van der Waals surface area (Å²) in [7, 11) is 0. The average Bonchev–Trinajstić information content (AvgIpc) is 2.96. The Morgan fingerprint density at radius 2 is 1.79 bits per heavy atom. The maximum absolute atomic E-state index is 11.8. The minimum atomic E-state index is -0.223. The lowest BCUT2D eigenvalue weighted by Gasteiger charge is -2.05. The van der Waals surface area contributed by atoms with E-state index >= 15 is 0 Å². The summed E-state index contributed by atoms with van der Waals surface area (Å²) in [6.07, 6.45) is 3.84. The highest BCUT2D eigenvalue weighted by Gasteiger charge is 2.07. The van der Waals surface area contributed by atoms with Crippen molar-refractivity contribution in [1.82, 2.24) is 4.98 Å². The molecule has 0 fully saturated rings. The van der Waals surface area contributed by atoms with E-state index in [1.165, 1.54) is 5.56 Å². The van der Waals surface area contributed by atoms with Crippen molar-refractivity contribution in [3.05, 3.63) is 69.8 Å². The quantitative estimate of drug-likeness (QED) is 0.484. The zero-order valence-corrected chi connectivity index (χ0v) is 14.5. The van der Waals surface area contributed by atoms with Gasteiger partial charge >= 0.3 is 5.97 Å². The Bertz CT molecular complexity index is 840. The van der Waals surface area contributed by atoms with Crippen molar-refractivity contribution >= 4 is 40.1 Å². The first-order chi connectivity index (χ1) is 11.6. The van der Waals surface area contributed by atoms with Crippen molar-refractivity contribution in [2.75, 3.05) is 6.61 Å². The van der Waals surface area contributed by atoms with E-state index in [2.05, 4.69) is 4.98 Å². The van der Waals surface area contributed by atoms with Crippen LogP contribution in [-0.4, -0.2) is 17.6 Å². The molecule has 1 N–H and O–H groups in total. The predicted molar refractivity (Wildman–Crippen MR) is 97.7 cm³/mol. The molecule has 3 rings (SSSR count). The molecule has 124 valence electrons. The molecule has 0 amide bonds. The van der Waals surface area contributed by atoms with Gasteiger partial charge in [0.2, 0.25) is 0 Å². The van der Waals surface area contributed by atoms with E-state index in [0.717, 1.165) is 34.3 Å². The lowest BCUT2D eigenvalue weighted by molar-refractivity contribution is -0.142. The molecule has 0 saturated heterocycles. The summed E-state index contributed by atoms with van der Waals surface area (Å²) in [4.78, 5) is 15.1. The van der Waals surface area contributed by atoms with Crippen molar-refractivity contribution in [2.45, 2.75) is 19.3 Å². The van der Waals surface area contributed by atoms with E-state index in [9.17, 15) is 4.79 Å². The lowest BCUT2D eigenvalue weighted by atomic mass is 10.1. The van der Waals surface area contributed by atoms with Crippen LogP contribution in [0.3, 0.4) is 0 Å². The Hall–Kier alpha value is -1.97. The smallest absolute Gasteiger partial charge is 0.310 e. The van der Waals surface area contributed by atoms with E-state index in [1.54, 1.807) is 12.1 Å². The highest BCUT2D eigenvalue weighted by atomic mass is 35.5. The average molecular weight is 362 g/mol. The van der Waals surface area contributed by atoms with Crippen LogP contribution in [0, 0.1) is 0 Å². The van der Waals surface area contributed by atoms with E-state index < -0.39 is 0 Å². The SMILES string of the molecule is O=C(Cc1ccc(Cl)cc1)OCCCc1c[nH]c2ccc(Cl)cc12. The molecule has 0 aliphatic heterocycles. The molecule has 24 heavy (non-hydrogen) atoms. The molecular weight excluding hydrogens is 345 g/mol. The van der Waals surface area contributed by atoms with Crippen molar-refractivity contribution < 1.29 is 9.53 Å². The Morgan fingerprint density at radius 1 is 1.04 bits per heavy atom. The number of hydrogen-bond donors (Lipinski definition) is 1. The van der Waals surface area contributed by atoms with Crippen LogP contribution in [0.15, 0.2) is 48.7 Å². The van der Waals surface area contributed by atoms with Gasteiger partial charge < -0.3 is 9.72 Å². The van der Waals surface area contributed by atoms with Gasteiger partial charge in [0, 0.05) is 27.1 Å². The van der Waals surface area contributed by atoms with Crippen LogP contribution < -0.4 is 0 Å². The van der Waals surface area contributed by atoms with Gasteiger partial charge in [0.15, 0.2) is 0 Å². The molecule has 0 atom stereocenters. The molecule has 3 aromatic rings. The molecular formula is C19H17Cl2NO2. The van der Waals surface area contributed by atoms with Crippen LogP contribution in [0.5, 0.6) is 0 Å². The van der Waals surface area contributed by atoms with E-state index in [-0.39, 0.29) is 12.4 Å². The van der Waals surface area contributed by atoms with Crippen molar-refractivity contribution in [3.8, 4) is 0 Å². The summed E-state index contributed by atoms with van der Waals surface area (Å²) < 4.78 is 5.30. The third-order valence-corrected chi connectivity index (χ3v) is 4.33. The number of aromatic nitrogens is 1. The molecule has 5 heteroatoms. The van der Waals surface area contributed by atoms with Gasteiger partial charge in [-0.15, -0.1) is 0 Å². The fraction of sp³-hybridized carbons (Fsp3) is 0.211. The first kappa shape index (κ1) is 16.9. The molecule has 0 aliphatic carbocycles. The van der Waals surface area contributed by atoms with Crippen LogP contribution in [0.4, 0.5) is 0 Å². The number of rotatable bonds is 6. The molecule has 0 unspecified atom stereocenters. The number of fused-ring (bicyclic) bond motifs is 1. The largest absolute Gasteiger partial charge is 0.465 e. The molecule has 1 aromatic heterocycles. The van der Waals surface area contributed by atoms with Gasteiger partial charge in [-0.05, 0) is 54.3 Å². The van der Waals surface area contributed by atoms with Gasteiger partial charge in [0.25, 0.3) is 0 Å². The summed E-state index contributed by atoms with van der Waals surface area (Å²) in [5, 5.41) is 2.50. The summed E-state index contributed by atoms with van der Waals surface area (Å²) in [6, 6.07) is 13.0. The Morgan fingerprint density at radius 3 is 2.58 bits per heavy atom. The van der Waals surface area contributed by atoms with Gasteiger partial charge in [0.1, 0.15) is 0 Å². The number of carbonyl (C=O) groups excluding carboxylic acids is 1. The second-order valence-corrected chi connectivity index (χ2v) is 6.50. The molecule has 2 aromatic carbocycles. The maximum atomic E-state index is 11.8. The number of carbonyl (C=O) groups is 1. The van der Waals surface area contributed by atoms with Crippen LogP contribution in [0.2, 0.25) is 10.0 Å². The first-order valence-electron chi connectivity index (χ1n) is 7.77. The van der Waals surface area contributed by atoms with Gasteiger partial charge in [-0.25, -0.2) is 0 Å². The standard InChI is InChI=1S/C19H17Cl2NO2/c20-15-5-3-13(4-6-15)10-19(23)24-9-1-2-14-12-22-18-8-7-16(21)11-17(14)18/h3-8,11-12,22H,1-2,9-10H2. The highest BCUT2D eigenvalue weighted by molar-refractivity contribution is 6.31. The van der Waals surface area contributed by atoms with Gasteiger partial charge in [-0.1, -0.05) is 35.3 Å². The van der Waals surface area contributed by atoms with Crippen molar-refractivity contribution in [2.24, 2.45) is 0 Å². The number of nitrogens with one attached hydrogen (secondary N) is 1. The normalized spacial score (nSPS) is 10.9.